The molecule has 122 valence electrons. The molecule has 0 bridgehead atoms. The van der Waals surface area contributed by atoms with E-state index in [0.717, 1.165) is 23.5 Å². The van der Waals surface area contributed by atoms with E-state index >= 15 is 0 Å². The van der Waals surface area contributed by atoms with Crippen molar-refractivity contribution in [3.63, 3.8) is 0 Å². The molecule has 0 aliphatic rings. The lowest BCUT2D eigenvalue weighted by molar-refractivity contribution is 0.874. The van der Waals surface area contributed by atoms with Crippen LogP contribution in [0, 0.1) is 0 Å². The molecule has 5 nitrogen and oxygen atoms in total. The Hall–Kier alpha value is -2.95. The molecule has 5 heteroatoms. The van der Waals surface area contributed by atoms with Crippen LogP contribution in [0.2, 0.25) is 0 Å². The molecule has 3 aromatic rings. The highest BCUT2D eigenvalue weighted by molar-refractivity contribution is 5.56. The van der Waals surface area contributed by atoms with Crippen LogP contribution in [-0.2, 0) is 6.42 Å². The van der Waals surface area contributed by atoms with Crippen LogP contribution >= 0.6 is 0 Å². The van der Waals surface area contributed by atoms with E-state index < -0.39 is 0 Å². The van der Waals surface area contributed by atoms with Gasteiger partial charge in [-0.2, -0.15) is 0 Å². The largest absolute Gasteiger partial charge is 0.364 e. The number of hydrogen-bond donors (Lipinski definition) is 2. The Morgan fingerprint density at radius 2 is 1.96 bits per heavy atom. The van der Waals surface area contributed by atoms with Crippen molar-refractivity contribution in [2.24, 2.45) is 0 Å². The van der Waals surface area contributed by atoms with E-state index in [9.17, 15) is 4.79 Å². The first-order valence-electron chi connectivity index (χ1n) is 8.04. The molecule has 24 heavy (non-hydrogen) atoms. The summed E-state index contributed by atoms with van der Waals surface area (Å²) in [6.45, 7) is 4.07. The zero-order chi connectivity index (χ0) is 16.9. The Balaban J connectivity index is 1.78. The summed E-state index contributed by atoms with van der Waals surface area (Å²) < 4.78 is 0. The number of rotatable bonds is 5. The SMILES string of the molecule is CCc1cc(=O)[nH]c(-c2ccc(N[C@@H](C)c3ccccc3)nc2)n1. The van der Waals surface area contributed by atoms with Gasteiger partial charge in [0.1, 0.15) is 11.6 Å². The molecule has 0 aliphatic carbocycles. The minimum Gasteiger partial charge on any atom is -0.364 e. The minimum absolute atomic E-state index is 0.142. The molecule has 0 aliphatic heterocycles. The molecule has 2 aromatic heterocycles. The second-order valence-corrected chi connectivity index (χ2v) is 5.65. The summed E-state index contributed by atoms with van der Waals surface area (Å²) in [6, 6.07) is 15.7. The maximum absolute atomic E-state index is 11.7. The fourth-order valence-electron chi connectivity index (χ4n) is 2.49. The zero-order valence-electron chi connectivity index (χ0n) is 13.8. The number of aryl methyl sites for hydroxylation is 1. The third-order valence-corrected chi connectivity index (χ3v) is 3.86. The van der Waals surface area contributed by atoms with Gasteiger partial charge in [0, 0.05) is 29.6 Å². The monoisotopic (exact) mass is 320 g/mol. The molecule has 1 aromatic carbocycles. The maximum Gasteiger partial charge on any atom is 0.251 e. The number of nitrogens with zero attached hydrogens (tertiary/aromatic N) is 2. The number of anilines is 1. The predicted molar refractivity (Wildman–Crippen MR) is 95.9 cm³/mol. The third kappa shape index (κ3) is 3.68. The first-order chi connectivity index (χ1) is 11.7. The van der Waals surface area contributed by atoms with E-state index in [4.69, 9.17) is 0 Å². The van der Waals surface area contributed by atoms with Crippen LogP contribution in [0.15, 0.2) is 59.5 Å². The summed E-state index contributed by atoms with van der Waals surface area (Å²) in [7, 11) is 0. The lowest BCUT2D eigenvalue weighted by Crippen LogP contribution is -2.10. The zero-order valence-corrected chi connectivity index (χ0v) is 13.8. The average molecular weight is 320 g/mol. The highest BCUT2D eigenvalue weighted by Crippen LogP contribution is 2.19. The van der Waals surface area contributed by atoms with E-state index in [-0.39, 0.29) is 11.6 Å². The van der Waals surface area contributed by atoms with E-state index in [1.807, 2.05) is 37.3 Å². The van der Waals surface area contributed by atoms with Gasteiger partial charge in [0.15, 0.2) is 0 Å². The first-order valence-corrected chi connectivity index (χ1v) is 8.04. The van der Waals surface area contributed by atoms with Crippen LogP contribution in [0.3, 0.4) is 0 Å². The van der Waals surface area contributed by atoms with Gasteiger partial charge in [0.05, 0.1) is 0 Å². The van der Waals surface area contributed by atoms with Crippen LogP contribution in [0.1, 0.15) is 31.1 Å². The van der Waals surface area contributed by atoms with Gasteiger partial charge in [-0.15, -0.1) is 0 Å². The number of H-pyrrole nitrogens is 1. The number of pyridine rings is 1. The molecular weight excluding hydrogens is 300 g/mol. The van der Waals surface area contributed by atoms with Crippen molar-refractivity contribution in [3.05, 3.63) is 76.3 Å². The van der Waals surface area contributed by atoms with E-state index in [2.05, 4.69) is 39.3 Å². The molecule has 0 radical (unpaired) electrons. The number of aromatic amines is 1. The van der Waals surface area contributed by atoms with E-state index in [1.54, 1.807) is 6.20 Å². The Labute approximate surface area is 140 Å². The molecule has 0 unspecified atom stereocenters. The van der Waals surface area contributed by atoms with E-state index in [1.165, 1.54) is 11.6 Å². The van der Waals surface area contributed by atoms with Gasteiger partial charge < -0.3 is 10.3 Å². The molecule has 3 rings (SSSR count). The quantitative estimate of drug-likeness (QED) is 0.754. The van der Waals surface area contributed by atoms with Crippen molar-refractivity contribution >= 4 is 5.82 Å². The third-order valence-electron chi connectivity index (χ3n) is 3.86. The van der Waals surface area contributed by atoms with Crippen LogP contribution in [0.4, 0.5) is 5.82 Å². The van der Waals surface area contributed by atoms with Crippen molar-refractivity contribution < 1.29 is 0 Å². The molecular formula is C19H20N4O. The van der Waals surface area contributed by atoms with Crippen LogP contribution in [-0.4, -0.2) is 15.0 Å². The Morgan fingerprint density at radius 1 is 1.17 bits per heavy atom. The summed E-state index contributed by atoms with van der Waals surface area (Å²) in [4.78, 5) is 23.3. The van der Waals surface area contributed by atoms with Gasteiger partial charge in [-0.1, -0.05) is 37.3 Å². The molecule has 1 atom stereocenters. The lowest BCUT2D eigenvalue weighted by Gasteiger charge is -2.15. The predicted octanol–water partition coefficient (Wildman–Crippen LogP) is 3.57. The summed E-state index contributed by atoms with van der Waals surface area (Å²) in [5.74, 6) is 1.33. The lowest BCUT2D eigenvalue weighted by atomic mass is 10.1. The van der Waals surface area contributed by atoms with Gasteiger partial charge in [-0.3, -0.25) is 4.79 Å². The normalized spacial score (nSPS) is 11.9. The smallest absolute Gasteiger partial charge is 0.251 e. The Morgan fingerprint density at radius 3 is 2.62 bits per heavy atom. The molecule has 0 spiro atoms. The van der Waals surface area contributed by atoms with Crippen LogP contribution < -0.4 is 10.9 Å². The topological polar surface area (TPSA) is 70.7 Å². The summed E-state index contributed by atoms with van der Waals surface area (Å²) in [5.41, 5.74) is 2.62. The molecule has 0 amide bonds. The number of nitrogens with one attached hydrogen (secondary N) is 2. The standard InChI is InChI=1S/C19H20N4O/c1-3-16-11-18(24)23-19(22-16)15-9-10-17(20-12-15)21-13(2)14-7-5-4-6-8-14/h4-13H,3H2,1-2H3,(H,20,21)(H,22,23,24)/t13-/m0/s1. The second-order valence-electron chi connectivity index (χ2n) is 5.65. The van der Waals surface area contributed by atoms with Crippen molar-refractivity contribution in [2.75, 3.05) is 5.32 Å². The van der Waals surface area contributed by atoms with Crippen LogP contribution in [0.5, 0.6) is 0 Å². The fraction of sp³-hybridized carbons (Fsp3) is 0.211. The molecule has 0 fully saturated rings. The molecule has 2 N–H and O–H groups in total. The van der Waals surface area contributed by atoms with Crippen molar-refractivity contribution in [2.45, 2.75) is 26.3 Å². The Bertz CT molecular complexity index is 857. The Kier molecular flexibility index (Phi) is 4.70. The van der Waals surface area contributed by atoms with Crippen molar-refractivity contribution in [3.8, 4) is 11.4 Å². The number of hydrogen-bond acceptors (Lipinski definition) is 4. The molecule has 0 saturated heterocycles. The van der Waals surface area contributed by atoms with E-state index in [0.29, 0.717) is 5.82 Å². The van der Waals surface area contributed by atoms with Crippen molar-refractivity contribution in [1.82, 2.24) is 15.0 Å². The van der Waals surface area contributed by atoms with Gasteiger partial charge >= 0.3 is 0 Å². The molecule has 2 heterocycles. The van der Waals surface area contributed by atoms with Crippen LogP contribution in [0.25, 0.3) is 11.4 Å². The number of benzene rings is 1. The van der Waals surface area contributed by atoms with Gasteiger partial charge in [0.2, 0.25) is 0 Å². The molecule has 0 saturated carbocycles. The summed E-state index contributed by atoms with van der Waals surface area (Å²) >= 11 is 0. The maximum atomic E-state index is 11.7. The van der Waals surface area contributed by atoms with Gasteiger partial charge in [0.25, 0.3) is 5.56 Å². The second kappa shape index (κ2) is 7.08. The minimum atomic E-state index is -0.142. The highest BCUT2D eigenvalue weighted by Gasteiger charge is 2.07. The average Bonchev–Trinajstić information content (AvgIpc) is 2.62. The van der Waals surface area contributed by atoms with Gasteiger partial charge in [-0.05, 0) is 31.0 Å². The summed E-state index contributed by atoms with van der Waals surface area (Å²) in [5, 5.41) is 3.37. The highest BCUT2D eigenvalue weighted by atomic mass is 16.1. The van der Waals surface area contributed by atoms with Crippen molar-refractivity contribution in [1.29, 1.82) is 0 Å². The summed E-state index contributed by atoms with van der Waals surface area (Å²) in [6.07, 6.45) is 2.44. The number of aromatic nitrogens is 3. The fourth-order valence-corrected chi connectivity index (χ4v) is 2.49. The first kappa shape index (κ1) is 15.9. The van der Waals surface area contributed by atoms with Gasteiger partial charge in [-0.25, -0.2) is 9.97 Å².